The second-order valence-electron chi connectivity index (χ2n) is 10.8. The minimum atomic E-state index is -0.358. The van der Waals surface area contributed by atoms with Crippen LogP contribution in [0.2, 0.25) is 0 Å². The highest BCUT2D eigenvalue weighted by Crippen LogP contribution is 2.28. The highest BCUT2D eigenvalue weighted by atomic mass is 19.1. The monoisotopic (exact) mass is 558 g/mol. The Bertz CT molecular complexity index is 1360. The quantitative estimate of drug-likeness (QED) is 0.458. The molecule has 2 fully saturated rings. The molecule has 1 aromatic heterocycles. The normalized spacial score (nSPS) is 20.8. The number of hydrogen-bond donors (Lipinski definition) is 1. The van der Waals surface area contributed by atoms with Gasteiger partial charge in [-0.25, -0.2) is 9.18 Å². The van der Waals surface area contributed by atoms with Crippen LogP contribution in [0.4, 0.5) is 9.18 Å². The van der Waals surface area contributed by atoms with Gasteiger partial charge >= 0.3 is 6.09 Å². The number of carbonyl (C=O) groups is 3. The van der Waals surface area contributed by atoms with Crippen LogP contribution >= 0.6 is 0 Å². The maximum Gasteiger partial charge on any atom is 0.410 e. The number of amides is 3. The minimum absolute atomic E-state index is 0.00963. The number of nitrogens with zero attached hydrogens (tertiary/aromatic N) is 3. The fraction of sp³-hybridized carbons (Fsp3) is 0.375. The van der Waals surface area contributed by atoms with Gasteiger partial charge in [0.25, 0.3) is 5.91 Å². The number of carbonyl (C=O) groups excluding carboxylic acids is 3. The fourth-order valence-corrected chi connectivity index (χ4v) is 5.59. The van der Waals surface area contributed by atoms with Crippen molar-refractivity contribution in [3.05, 3.63) is 89.9 Å². The highest BCUT2D eigenvalue weighted by Gasteiger charge is 2.35. The van der Waals surface area contributed by atoms with Crippen molar-refractivity contribution in [2.24, 2.45) is 5.92 Å². The largest absolute Gasteiger partial charge is 0.445 e. The lowest BCUT2D eigenvalue weighted by atomic mass is 9.84. The SMILES string of the molecule is C[C@H]1CN(C(=O)C2CCC(NC(=O)c3ccc(-c4cccc(F)c4)nc3)CC2)CCN1C(=O)OCc1ccccc1. The van der Waals surface area contributed by atoms with Crippen molar-refractivity contribution >= 4 is 17.9 Å². The number of aromatic nitrogens is 1. The van der Waals surface area contributed by atoms with Crippen LogP contribution in [0.25, 0.3) is 11.3 Å². The average molecular weight is 559 g/mol. The summed E-state index contributed by atoms with van der Waals surface area (Å²) < 4.78 is 19.0. The van der Waals surface area contributed by atoms with Gasteiger partial charge in [-0.2, -0.15) is 0 Å². The second kappa shape index (κ2) is 12.9. The fourth-order valence-electron chi connectivity index (χ4n) is 5.59. The summed E-state index contributed by atoms with van der Waals surface area (Å²) in [6, 6.07) is 19.0. The molecule has 0 bridgehead atoms. The van der Waals surface area contributed by atoms with E-state index in [0.29, 0.717) is 49.3 Å². The van der Waals surface area contributed by atoms with E-state index in [9.17, 15) is 18.8 Å². The Hall–Kier alpha value is -4.27. The van der Waals surface area contributed by atoms with Gasteiger partial charge in [0.05, 0.1) is 11.3 Å². The van der Waals surface area contributed by atoms with Gasteiger partial charge in [-0.1, -0.05) is 42.5 Å². The molecule has 8 nitrogen and oxygen atoms in total. The molecule has 0 spiro atoms. The lowest BCUT2D eigenvalue weighted by molar-refractivity contribution is -0.139. The predicted molar refractivity (Wildman–Crippen MR) is 152 cm³/mol. The maximum atomic E-state index is 13.5. The van der Waals surface area contributed by atoms with Gasteiger partial charge in [-0.15, -0.1) is 0 Å². The third-order valence-corrected chi connectivity index (χ3v) is 7.94. The molecule has 1 aliphatic carbocycles. The van der Waals surface area contributed by atoms with Crippen molar-refractivity contribution in [1.29, 1.82) is 0 Å². The zero-order valence-electron chi connectivity index (χ0n) is 23.2. The van der Waals surface area contributed by atoms with Crippen LogP contribution in [-0.2, 0) is 16.1 Å². The first kappa shape index (κ1) is 28.3. The molecule has 41 heavy (non-hydrogen) atoms. The summed E-state index contributed by atoms with van der Waals surface area (Å²) in [7, 11) is 0. The van der Waals surface area contributed by atoms with Crippen molar-refractivity contribution in [3.8, 4) is 11.3 Å². The Kier molecular flexibility index (Phi) is 8.91. The molecule has 2 aromatic carbocycles. The third-order valence-electron chi connectivity index (χ3n) is 7.94. The van der Waals surface area contributed by atoms with Crippen molar-refractivity contribution in [3.63, 3.8) is 0 Å². The van der Waals surface area contributed by atoms with Crippen LogP contribution in [0.15, 0.2) is 72.9 Å². The highest BCUT2D eigenvalue weighted by molar-refractivity contribution is 5.94. The lowest BCUT2D eigenvalue weighted by Gasteiger charge is -2.41. The van der Waals surface area contributed by atoms with Gasteiger partial charge in [0.2, 0.25) is 5.91 Å². The number of ether oxygens (including phenoxy) is 1. The summed E-state index contributed by atoms with van der Waals surface area (Å²) in [5.74, 6) is -0.506. The zero-order chi connectivity index (χ0) is 28.8. The van der Waals surface area contributed by atoms with Gasteiger partial charge in [-0.05, 0) is 62.4 Å². The minimum Gasteiger partial charge on any atom is -0.445 e. The number of hydrogen-bond acceptors (Lipinski definition) is 5. The van der Waals surface area contributed by atoms with E-state index in [-0.39, 0.29) is 48.3 Å². The Labute approximate surface area is 239 Å². The van der Waals surface area contributed by atoms with Crippen molar-refractivity contribution in [2.75, 3.05) is 19.6 Å². The summed E-state index contributed by atoms with van der Waals surface area (Å²) >= 11 is 0. The van der Waals surface area contributed by atoms with Gasteiger partial charge in [0.1, 0.15) is 12.4 Å². The van der Waals surface area contributed by atoms with Gasteiger partial charge < -0.3 is 19.9 Å². The van der Waals surface area contributed by atoms with E-state index >= 15 is 0 Å². The summed E-state index contributed by atoms with van der Waals surface area (Å²) in [6.07, 6.45) is 3.99. The molecule has 9 heteroatoms. The second-order valence-corrected chi connectivity index (χ2v) is 10.8. The molecule has 1 saturated heterocycles. The van der Waals surface area contributed by atoms with E-state index in [0.717, 1.165) is 18.4 Å². The Morgan fingerprint density at radius 1 is 0.976 bits per heavy atom. The van der Waals surface area contributed by atoms with Crippen molar-refractivity contribution in [1.82, 2.24) is 20.1 Å². The number of pyridine rings is 1. The third kappa shape index (κ3) is 7.09. The van der Waals surface area contributed by atoms with Gasteiger partial charge in [0, 0.05) is 49.4 Å². The van der Waals surface area contributed by atoms with Gasteiger partial charge in [0.15, 0.2) is 0 Å². The number of benzene rings is 2. The standard InChI is InChI=1S/C32H35FN4O4/c1-22-20-36(16-17-37(22)32(40)41-21-23-6-3-2-4-7-23)31(39)24-10-13-28(14-11-24)35-30(38)26-12-15-29(34-19-26)25-8-5-9-27(33)18-25/h2-9,12,15,18-19,22,24,28H,10-11,13-14,16-17,20-21H2,1H3,(H,35,38)/t22-,24?,28?/m0/s1. The molecule has 3 aromatic rings. The first-order valence-corrected chi connectivity index (χ1v) is 14.2. The van der Waals surface area contributed by atoms with E-state index in [4.69, 9.17) is 4.74 Å². The van der Waals surface area contributed by atoms with Gasteiger partial charge in [-0.3, -0.25) is 14.6 Å². The molecule has 0 radical (unpaired) electrons. The molecule has 0 unspecified atom stereocenters. The van der Waals surface area contributed by atoms with Crippen molar-refractivity contribution in [2.45, 2.75) is 51.3 Å². The molecule has 5 rings (SSSR count). The van der Waals surface area contributed by atoms with Crippen LogP contribution in [0.5, 0.6) is 0 Å². The molecule has 214 valence electrons. The Morgan fingerprint density at radius 3 is 2.44 bits per heavy atom. The summed E-state index contributed by atoms with van der Waals surface area (Å²) in [5, 5.41) is 3.07. The van der Waals surface area contributed by atoms with Crippen LogP contribution in [0.3, 0.4) is 0 Å². The molecule has 2 aliphatic rings. The molecule has 2 heterocycles. The number of halogens is 1. The zero-order valence-corrected chi connectivity index (χ0v) is 23.2. The number of nitrogens with one attached hydrogen (secondary N) is 1. The summed E-state index contributed by atoms with van der Waals surface area (Å²) in [6.45, 7) is 3.57. The van der Waals surface area contributed by atoms with Crippen LogP contribution < -0.4 is 5.32 Å². The van der Waals surface area contributed by atoms with E-state index < -0.39 is 0 Å². The van der Waals surface area contributed by atoms with E-state index in [1.807, 2.05) is 42.2 Å². The predicted octanol–water partition coefficient (Wildman–Crippen LogP) is 5.05. The summed E-state index contributed by atoms with van der Waals surface area (Å²) in [5.41, 5.74) is 2.63. The first-order chi connectivity index (χ1) is 19.9. The number of piperazine rings is 1. The maximum absolute atomic E-state index is 13.5. The van der Waals surface area contributed by atoms with Crippen LogP contribution in [-0.4, -0.2) is 64.4 Å². The van der Waals surface area contributed by atoms with Crippen LogP contribution in [0, 0.1) is 11.7 Å². The molecule has 1 N–H and O–H groups in total. The molecular weight excluding hydrogens is 523 g/mol. The Morgan fingerprint density at radius 2 is 1.76 bits per heavy atom. The average Bonchev–Trinajstić information content (AvgIpc) is 3.00. The topological polar surface area (TPSA) is 91.8 Å². The smallest absolute Gasteiger partial charge is 0.410 e. The molecule has 1 atom stereocenters. The first-order valence-electron chi connectivity index (χ1n) is 14.2. The lowest BCUT2D eigenvalue weighted by Crippen LogP contribution is -2.56. The van der Waals surface area contributed by atoms with Crippen molar-refractivity contribution < 1.29 is 23.5 Å². The molecule has 3 amide bonds. The molecule has 1 saturated carbocycles. The Balaban J connectivity index is 1.06. The summed E-state index contributed by atoms with van der Waals surface area (Å²) in [4.78, 5) is 46.6. The van der Waals surface area contributed by atoms with E-state index in [2.05, 4.69) is 10.3 Å². The number of rotatable bonds is 6. The molecular formula is C32H35FN4O4. The van der Waals surface area contributed by atoms with E-state index in [1.54, 1.807) is 29.2 Å². The van der Waals surface area contributed by atoms with E-state index in [1.165, 1.54) is 18.3 Å². The molecule has 1 aliphatic heterocycles. The van der Waals surface area contributed by atoms with Crippen LogP contribution in [0.1, 0.15) is 48.5 Å².